The minimum atomic E-state index is -0.696. The van der Waals surface area contributed by atoms with Crippen molar-refractivity contribution in [3.63, 3.8) is 0 Å². The van der Waals surface area contributed by atoms with Crippen LogP contribution < -0.4 is 20.3 Å². The van der Waals surface area contributed by atoms with E-state index in [1.165, 1.54) is 12.1 Å². The number of aliphatic imine (C=N–C) groups is 1. The van der Waals surface area contributed by atoms with Crippen LogP contribution in [0.4, 0.5) is 5.69 Å². The molecule has 4 atom stereocenters. The monoisotopic (exact) mass is 548 g/mol. The Morgan fingerprint density at radius 2 is 2.17 bits per heavy atom. The zero-order chi connectivity index (χ0) is 20.6. The maximum absolute atomic E-state index is 12.2. The second-order valence-corrected chi connectivity index (χ2v) is 10.1. The molecule has 8 heteroatoms. The zero-order valence-corrected chi connectivity index (χ0v) is 21.6. The van der Waals surface area contributed by atoms with Gasteiger partial charge in [-0.05, 0) is 43.7 Å². The lowest BCUT2D eigenvalue weighted by Gasteiger charge is -2.30. The number of hydrogen-bond acceptors (Lipinski definition) is 4. The second kappa shape index (κ2) is 12.7. The molecule has 6 nitrogen and oxygen atoms in total. The van der Waals surface area contributed by atoms with Crippen LogP contribution in [0.2, 0.25) is 0 Å². The molecular weight excluding hydrogens is 511 g/mol. The predicted molar refractivity (Wildman–Crippen MR) is 138 cm³/mol. The first-order valence-corrected chi connectivity index (χ1v) is 12.2. The number of nitrogens with one attached hydrogen (secondary N) is 2. The summed E-state index contributed by atoms with van der Waals surface area (Å²) in [6, 6.07) is 8.66. The summed E-state index contributed by atoms with van der Waals surface area (Å²) in [5.74, 6) is 3.13. The molecule has 0 aromatic heterocycles. The molecule has 3 rings (SSSR count). The molecule has 2 fully saturated rings. The van der Waals surface area contributed by atoms with Gasteiger partial charge in [0.2, 0.25) is 0 Å². The van der Waals surface area contributed by atoms with Crippen LogP contribution in [0, 0.1) is 5.92 Å². The molecule has 2 N–H and O–H groups in total. The highest BCUT2D eigenvalue weighted by Crippen LogP contribution is 2.27. The van der Waals surface area contributed by atoms with E-state index in [0.717, 1.165) is 62.8 Å². The molecule has 1 aliphatic heterocycles. The normalized spacial score (nSPS) is 25.4. The Morgan fingerprint density at radius 1 is 1.33 bits per heavy atom. The molecule has 0 spiro atoms. The Labute approximate surface area is 201 Å². The molecule has 1 saturated carbocycles. The van der Waals surface area contributed by atoms with Crippen LogP contribution in [0.15, 0.2) is 29.3 Å². The fraction of sp³-hybridized carbons (Fsp3) is 0.682. The van der Waals surface area contributed by atoms with Crippen LogP contribution in [0.5, 0.6) is 5.75 Å². The van der Waals surface area contributed by atoms with Gasteiger partial charge in [0.05, 0.1) is 7.11 Å². The van der Waals surface area contributed by atoms with E-state index in [9.17, 15) is 4.21 Å². The van der Waals surface area contributed by atoms with Gasteiger partial charge in [0, 0.05) is 66.3 Å². The minimum absolute atomic E-state index is 0. The van der Waals surface area contributed by atoms with Crippen molar-refractivity contribution in [2.75, 3.05) is 44.4 Å². The largest absolute Gasteiger partial charge is 0.497 e. The first-order chi connectivity index (χ1) is 14.1. The molecule has 1 aliphatic carbocycles. The fourth-order valence-electron chi connectivity index (χ4n) is 4.42. The third-order valence-corrected chi connectivity index (χ3v) is 7.85. The van der Waals surface area contributed by atoms with Crippen molar-refractivity contribution in [3.8, 4) is 5.75 Å². The number of hydrogen-bond donors (Lipinski definition) is 2. The number of ether oxygens (including phenoxy) is 1. The van der Waals surface area contributed by atoms with Crippen LogP contribution in [-0.2, 0) is 10.8 Å². The van der Waals surface area contributed by atoms with Gasteiger partial charge in [0.25, 0.3) is 0 Å². The predicted octanol–water partition coefficient (Wildman–Crippen LogP) is 3.38. The average molecular weight is 549 g/mol. The van der Waals surface area contributed by atoms with E-state index in [1.807, 2.05) is 20.0 Å². The molecular formula is C22H37IN4O2S. The van der Waals surface area contributed by atoms with Crippen molar-refractivity contribution in [3.05, 3.63) is 24.3 Å². The number of methoxy groups -OCH3 is 1. The van der Waals surface area contributed by atoms with Crippen LogP contribution in [0.1, 0.15) is 39.0 Å². The Morgan fingerprint density at radius 3 is 2.90 bits per heavy atom. The highest BCUT2D eigenvalue weighted by atomic mass is 127. The molecule has 2 aliphatic rings. The Balaban J connectivity index is 0.00000320. The first-order valence-electron chi connectivity index (χ1n) is 10.9. The molecule has 30 heavy (non-hydrogen) atoms. The maximum Gasteiger partial charge on any atom is 0.191 e. The quantitative estimate of drug-likeness (QED) is 0.311. The molecule has 0 amide bonds. The molecule has 1 heterocycles. The summed E-state index contributed by atoms with van der Waals surface area (Å²) in [7, 11) is 2.85. The molecule has 170 valence electrons. The summed E-state index contributed by atoms with van der Waals surface area (Å²) < 4.78 is 17.5. The Kier molecular flexibility index (Phi) is 10.7. The summed E-state index contributed by atoms with van der Waals surface area (Å²) in [5, 5.41) is 7.42. The maximum atomic E-state index is 12.2. The molecule has 0 radical (unpaired) electrons. The van der Waals surface area contributed by atoms with Crippen molar-refractivity contribution < 1.29 is 8.95 Å². The molecule has 1 saturated heterocycles. The van der Waals surface area contributed by atoms with Crippen molar-refractivity contribution in [2.24, 2.45) is 10.9 Å². The van der Waals surface area contributed by atoms with E-state index in [-0.39, 0.29) is 24.0 Å². The molecule has 4 unspecified atom stereocenters. The van der Waals surface area contributed by atoms with Gasteiger partial charge in [-0.3, -0.25) is 9.20 Å². The van der Waals surface area contributed by atoms with Crippen LogP contribution >= 0.6 is 24.0 Å². The van der Waals surface area contributed by atoms with E-state index >= 15 is 0 Å². The lowest BCUT2D eigenvalue weighted by molar-refractivity contribution is 0.412. The SMILES string of the molecule is CCS(=O)C1CCCC(NC(=NC)NCC2CCN(c3cccc(OC)c3)C2)C1.I. The van der Waals surface area contributed by atoms with Gasteiger partial charge in [-0.25, -0.2) is 0 Å². The van der Waals surface area contributed by atoms with E-state index in [2.05, 4.69) is 38.7 Å². The number of nitrogens with zero attached hydrogens (tertiary/aromatic N) is 2. The summed E-state index contributed by atoms with van der Waals surface area (Å²) in [5.41, 5.74) is 1.23. The third-order valence-electron chi connectivity index (χ3n) is 6.11. The number of benzene rings is 1. The first kappa shape index (κ1) is 25.2. The average Bonchev–Trinajstić information content (AvgIpc) is 3.25. The van der Waals surface area contributed by atoms with Crippen molar-refractivity contribution in [1.82, 2.24) is 10.6 Å². The summed E-state index contributed by atoms with van der Waals surface area (Å²) in [6.07, 6.45) is 5.51. The van der Waals surface area contributed by atoms with Crippen LogP contribution in [-0.4, -0.2) is 61.0 Å². The van der Waals surface area contributed by atoms with Crippen LogP contribution in [0.3, 0.4) is 0 Å². The van der Waals surface area contributed by atoms with Gasteiger partial charge in [-0.1, -0.05) is 19.4 Å². The van der Waals surface area contributed by atoms with Crippen molar-refractivity contribution >= 4 is 46.4 Å². The number of anilines is 1. The van der Waals surface area contributed by atoms with Gasteiger partial charge in [0.15, 0.2) is 5.96 Å². The number of rotatable bonds is 7. The molecule has 1 aromatic carbocycles. The topological polar surface area (TPSA) is 66.0 Å². The summed E-state index contributed by atoms with van der Waals surface area (Å²) >= 11 is 0. The standard InChI is InChI=1S/C22H36N4O2S.HI/c1-4-29(27)21-10-5-7-18(13-21)25-22(23-2)24-15-17-11-12-26(16-17)19-8-6-9-20(14-19)28-3;/h6,8-9,14,17-18,21H,4-5,7,10-13,15-16H2,1-3H3,(H2,23,24,25);1H. The summed E-state index contributed by atoms with van der Waals surface area (Å²) in [6.45, 7) is 5.04. The summed E-state index contributed by atoms with van der Waals surface area (Å²) in [4.78, 5) is 6.85. The third kappa shape index (κ3) is 7.00. The van der Waals surface area contributed by atoms with E-state index in [1.54, 1.807) is 7.11 Å². The minimum Gasteiger partial charge on any atom is -0.497 e. The van der Waals surface area contributed by atoms with Gasteiger partial charge in [-0.2, -0.15) is 0 Å². The Hall–Kier alpha value is -1.03. The van der Waals surface area contributed by atoms with E-state index < -0.39 is 10.8 Å². The zero-order valence-electron chi connectivity index (χ0n) is 18.4. The highest BCUT2D eigenvalue weighted by Gasteiger charge is 2.27. The van der Waals surface area contributed by atoms with E-state index in [0.29, 0.717) is 17.2 Å². The highest BCUT2D eigenvalue weighted by molar-refractivity contribution is 14.0. The lowest BCUT2D eigenvalue weighted by atomic mass is 9.95. The van der Waals surface area contributed by atoms with Crippen molar-refractivity contribution in [2.45, 2.75) is 50.3 Å². The van der Waals surface area contributed by atoms with Gasteiger partial charge in [-0.15, -0.1) is 24.0 Å². The second-order valence-electron chi connectivity index (χ2n) is 8.05. The van der Waals surface area contributed by atoms with Gasteiger partial charge in [0.1, 0.15) is 5.75 Å². The number of guanidine groups is 1. The Bertz CT molecular complexity index is 718. The molecule has 0 bridgehead atoms. The smallest absolute Gasteiger partial charge is 0.191 e. The fourth-order valence-corrected chi connectivity index (χ4v) is 5.77. The van der Waals surface area contributed by atoms with E-state index in [4.69, 9.17) is 4.74 Å². The lowest BCUT2D eigenvalue weighted by Crippen LogP contribution is -2.47. The van der Waals surface area contributed by atoms with Gasteiger partial charge < -0.3 is 20.3 Å². The molecule has 1 aromatic rings. The van der Waals surface area contributed by atoms with Gasteiger partial charge >= 0.3 is 0 Å². The van der Waals surface area contributed by atoms with Crippen LogP contribution in [0.25, 0.3) is 0 Å². The van der Waals surface area contributed by atoms with Crippen molar-refractivity contribution in [1.29, 1.82) is 0 Å². The number of halogens is 1.